The van der Waals surface area contributed by atoms with Crippen LogP contribution in [0.25, 0.3) is 0 Å². The van der Waals surface area contributed by atoms with E-state index in [9.17, 15) is 0 Å². The van der Waals surface area contributed by atoms with E-state index in [1.165, 1.54) is 19.3 Å². The predicted molar refractivity (Wildman–Crippen MR) is 46.7 cm³/mol. The first kappa shape index (κ1) is 9.74. The number of rotatable bonds is 5. The maximum absolute atomic E-state index is 5.36. The molecular formula is C10H19. The predicted octanol–water partition coefficient (Wildman–Crippen LogP) is 3.44. The summed E-state index contributed by atoms with van der Waals surface area (Å²) >= 11 is 0. The Hall–Kier alpha value is -0.260. The largest absolute Gasteiger partial charge is 0.0817 e. The Morgan fingerprint density at radius 3 is 2.20 bits per heavy atom. The summed E-state index contributed by atoms with van der Waals surface area (Å²) in [5.74, 6) is 1.43. The third kappa shape index (κ3) is 5.87. The molecule has 0 amide bonds. The van der Waals surface area contributed by atoms with Crippen molar-refractivity contribution in [1.29, 1.82) is 0 Å². The minimum atomic E-state index is 0.596. The summed E-state index contributed by atoms with van der Waals surface area (Å²) in [5, 5.41) is 0. The SMILES string of the molecule is [CH]=CC(C)CCCC(C)C. The van der Waals surface area contributed by atoms with Gasteiger partial charge in [0.1, 0.15) is 0 Å². The molecule has 59 valence electrons. The van der Waals surface area contributed by atoms with Crippen LogP contribution >= 0.6 is 0 Å². The van der Waals surface area contributed by atoms with Crippen LogP contribution in [0.3, 0.4) is 0 Å². The fourth-order valence-electron chi connectivity index (χ4n) is 0.944. The van der Waals surface area contributed by atoms with Gasteiger partial charge in [-0.25, -0.2) is 0 Å². The second kappa shape index (κ2) is 5.52. The molecule has 0 aromatic rings. The third-order valence-corrected chi connectivity index (χ3v) is 1.77. The van der Waals surface area contributed by atoms with Crippen LogP contribution < -0.4 is 0 Å². The molecule has 10 heavy (non-hydrogen) atoms. The zero-order chi connectivity index (χ0) is 7.98. The first-order valence-corrected chi connectivity index (χ1v) is 4.22. The molecule has 0 saturated heterocycles. The van der Waals surface area contributed by atoms with E-state index < -0.39 is 0 Å². The van der Waals surface area contributed by atoms with Gasteiger partial charge in [0.25, 0.3) is 0 Å². The number of hydrogen-bond acceptors (Lipinski definition) is 0. The van der Waals surface area contributed by atoms with Crippen molar-refractivity contribution in [3.05, 3.63) is 12.7 Å². The fraction of sp³-hybridized carbons (Fsp3) is 0.800. The van der Waals surface area contributed by atoms with Crippen LogP contribution in [0.1, 0.15) is 40.0 Å². The summed E-state index contributed by atoms with van der Waals surface area (Å²) in [6, 6.07) is 0. The Morgan fingerprint density at radius 2 is 1.80 bits per heavy atom. The van der Waals surface area contributed by atoms with Crippen LogP contribution in [-0.4, -0.2) is 0 Å². The average Bonchev–Trinajstić information content (AvgIpc) is 1.87. The van der Waals surface area contributed by atoms with Gasteiger partial charge in [0, 0.05) is 0 Å². The highest BCUT2D eigenvalue weighted by Crippen LogP contribution is 2.12. The van der Waals surface area contributed by atoms with E-state index in [0.29, 0.717) is 5.92 Å². The maximum Gasteiger partial charge on any atom is -0.0259 e. The van der Waals surface area contributed by atoms with Gasteiger partial charge in [-0.05, 0) is 18.3 Å². The lowest BCUT2D eigenvalue weighted by Crippen LogP contribution is -1.92. The molecule has 0 aromatic heterocycles. The van der Waals surface area contributed by atoms with Gasteiger partial charge in [-0.1, -0.05) is 46.3 Å². The van der Waals surface area contributed by atoms with Gasteiger partial charge >= 0.3 is 0 Å². The molecule has 0 heterocycles. The summed E-state index contributed by atoms with van der Waals surface area (Å²) < 4.78 is 0. The van der Waals surface area contributed by atoms with E-state index in [1.807, 2.05) is 0 Å². The first-order chi connectivity index (χ1) is 4.66. The Bertz CT molecular complexity index is 82.0. The standard InChI is InChI=1S/C10H19/c1-5-10(4)8-6-7-9(2)3/h1,5,9-10H,6-8H2,2-4H3. The molecule has 0 saturated carbocycles. The molecule has 1 atom stereocenters. The lowest BCUT2D eigenvalue weighted by molar-refractivity contribution is 0.502. The molecule has 0 bridgehead atoms. The Morgan fingerprint density at radius 1 is 1.20 bits per heavy atom. The lowest BCUT2D eigenvalue weighted by Gasteiger charge is -2.06. The zero-order valence-electron chi connectivity index (χ0n) is 7.43. The molecule has 0 spiro atoms. The van der Waals surface area contributed by atoms with Gasteiger partial charge in [0.15, 0.2) is 0 Å². The van der Waals surface area contributed by atoms with Gasteiger partial charge in [0.2, 0.25) is 0 Å². The first-order valence-electron chi connectivity index (χ1n) is 4.22. The van der Waals surface area contributed by atoms with E-state index in [2.05, 4.69) is 20.8 Å². The van der Waals surface area contributed by atoms with Crippen LogP contribution in [0, 0.1) is 18.4 Å². The normalized spacial score (nSPS) is 13.6. The second-order valence-electron chi connectivity index (χ2n) is 3.49. The Labute approximate surface area is 65.3 Å². The van der Waals surface area contributed by atoms with Crippen molar-refractivity contribution in [2.75, 3.05) is 0 Å². The smallest absolute Gasteiger partial charge is 0.0259 e. The molecule has 0 aliphatic carbocycles. The summed E-state index contributed by atoms with van der Waals surface area (Å²) in [7, 11) is 0. The summed E-state index contributed by atoms with van der Waals surface area (Å²) in [6.07, 6.45) is 5.68. The fourth-order valence-corrected chi connectivity index (χ4v) is 0.944. The summed E-state index contributed by atoms with van der Waals surface area (Å²) in [6.45, 7) is 12.1. The molecule has 1 radical (unpaired) electrons. The van der Waals surface area contributed by atoms with Gasteiger partial charge in [-0.15, -0.1) is 0 Å². The molecule has 0 nitrogen and oxygen atoms in total. The van der Waals surface area contributed by atoms with Crippen LogP contribution in [0.4, 0.5) is 0 Å². The van der Waals surface area contributed by atoms with Gasteiger partial charge in [0.05, 0.1) is 0 Å². The van der Waals surface area contributed by atoms with Gasteiger partial charge < -0.3 is 0 Å². The van der Waals surface area contributed by atoms with E-state index >= 15 is 0 Å². The highest BCUT2D eigenvalue weighted by atomic mass is 14.0. The minimum absolute atomic E-state index is 0.596. The van der Waals surface area contributed by atoms with Crippen LogP contribution in [0.5, 0.6) is 0 Å². The highest BCUT2D eigenvalue weighted by Gasteiger charge is 1.97. The van der Waals surface area contributed by atoms with Crippen molar-refractivity contribution in [3.63, 3.8) is 0 Å². The van der Waals surface area contributed by atoms with Crippen molar-refractivity contribution in [1.82, 2.24) is 0 Å². The van der Waals surface area contributed by atoms with E-state index in [-0.39, 0.29) is 0 Å². The van der Waals surface area contributed by atoms with Crippen molar-refractivity contribution in [2.24, 2.45) is 11.8 Å². The molecule has 0 N–H and O–H groups in total. The molecule has 0 rings (SSSR count). The second-order valence-corrected chi connectivity index (χ2v) is 3.49. The zero-order valence-corrected chi connectivity index (χ0v) is 7.43. The molecule has 0 heteroatoms. The minimum Gasteiger partial charge on any atom is -0.0817 e. The van der Waals surface area contributed by atoms with Crippen LogP contribution in [-0.2, 0) is 0 Å². The molecule has 0 fully saturated rings. The molecule has 0 aliphatic rings. The van der Waals surface area contributed by atoms with E-state index in [1.54, 1.807) is 6.08 Å². The molecule has 1 unspecified atom stereocenters. The van der Waals surface area contributed by atoms with Crippen molar-refractivity contribution in [3.8, 4) is 0 Å². The quantitative estimate of drug-likeness (QED) is 0.547. The van der Waals surface area contributed by atoms with Crippen LogP contribution in [0.15, 0.2) is 6.08 Å². The number of hydrogen-bond donors (Lipinski definition) is 0. The van der Waals surface area contributed by atoms with Crippen molar-refractivity contribution < 1.29 is 0 Å². The summed E-state index contributed by atoms with van der Waals surface area (Å²) in [4.78, 5) is 0. The lowest BCUT2D eigenvalue weighted by atomic mass is 10.00. The molecule has 0 aliphatic heterocycles. The molecular weight excluding hydrogens is 120 g/mol. The Kier molecular flexibility index (Phi) is 5.38. The molecule has 0 aromatic carbocycles. The van der Waals surface area contributed by atoms with Crippen LogP contribution in [0.2, 0.25) is 0 Å². The summed E-state index contributed by atoms with van der Waals surface area (Å²) in [5.41, 5.74) is 0. The maximum atomic E-state index is 5.36. The van der Waals surface area contributed by atoms with E-state index in [0.717, 1.165) is 5.92 Å². The average molecular weight is 139 g/mol. The van der Waals surface area contributed by atoms with Crippen molar-refractivity contribution in [2.45, 2.75) is 40.0 Å². The topological polar surface area (TPSA) is 0 Å². The van der Waals surface area contributed by atoms with Gasteiger partial charge in [-0.3, -0.25) is 0 Å². The number of allylic oxidation sites excluding steroid dienone is 1. The Balaban J connectivity index is 3.11. The highest BCUT2D eigenvalue weighted by molar-refractivity contribution is 4.71. The monoisotopic (exact) mass is 139 g/mol. The third-order valence-electron chi connectivity index (χ3n) is 1.77. The van der Waals surface area contributed by atoms with Crippen molar-refractivity contribution >= 4 is 0 Å². The van der Waals surface area contributed by atoms with Gasteiger partial charge in [-0.2, -0.15) is 0 Å². The van der Waals surface area contributed by atoms with E-state index in [4.69, 9.17) is 6.58 Å².